The van der Waals surface area contributed by atoms with Crippen molar-refractivity contribution in [1.29, 1.82) is 0 Å². The van der Waals surface area contributed by atoms with E-state index in [1.807, 2.05) is 0 Å². The Labute approximate surface area is 94.6 Å². The Morgan fingerprint density at radius 2 is 2.44 bits per heavy atom. The molecule has 2 aliphatic heterocycles. The molecule has 0 radical (unpaired) electrons. The fraction of sp³-hybridized carbons (Fsp3) is 0.818. The van der Waals surface area contributed by atoms with E-state index in [1.54, 1.807) is 0 Å². The average molecular weight is 223 g/mol. The van der Waals surface area contributed by atoms with E-state index in [1.165, 1.54) is 6.42 Å². The first kappa shape index (κ1) is 10.1. The van der Waals surface area contributed by atoms with E-state index in [9.17, 15) is 4.79 Å². The lowest BCUT2D eigenvalue weighted by atomic mass is 9.92. The molecule has 3 rings (SSSR count). The van der Waals surface area contributed by atoms with Gasteiger partial charge in [0, 0.05) is 25.4 Å². The molecule has 1 unspecified atom stereocenters. The molecule has 1 saturated heterocycles. The van der Waals surface area contributed by atoms with Crippen LogP contribution < -0.4 is 10.6 Å². The van der Waals surface area contributed by atoms with Crippen molar-refractivity contribution >= 4 is 11.6 Å². The van der Waals surface area contributed by atoms with Crippen LogP contribution in [0.4, 0.5) is 0 Å². The third-order valence-corrected chi connectivity index (χ3v) is 3.75. The zero-order chi connectivity index (χ0) is 11.0. The zero-order valence-electron chi connectivity index (χ0n) is 9.29. The Hall–Kier alpha value is -1.10. The summed E-state index contributed by atoms with van der Waals surface area (Å²) in [5, 5.41) is 10.2. The van der Waals surface area contributed by atoms with Crippen molar-refractivity contribution in [2.45, 2.75) is 43.7 Å². The Morgan fingerprint density at radius 3 is 3.06 bits per heavy atom. The van der Waals surface area contributed by atoms with Crippen LogP contribution in [-0.2, 0) is 9.63 Å². The molecule has 0 aromatic rings. The van der Waals surface area contributed by atoms with Crippen LogP contribution in [0.1, 0.15) is 32.1 Å². The van der Waals surface area contributed by atoms with Gasteiger partial charge in [0.25, 0.3) is 5.91 Å². The van der Waals surface area contributed by atoms with E-state index < -0.39 is 0 Å². The van der Waals surface area contributed by atoms with Crippen molar-refractivity contribution in [3.05, 3.63) is 0 Å². The Morgan fingerprint density at radius 1 is 1.56 bits per heavy atom. The van der Waals surface area contributed by atoms with E-state index in [0.717, 1.165) is 32.4 Å². The molecular formula is C11H17N3O2. The lowest BCUT2D eigenvalue weighted by Crippen LogP contribution is -2.43. The molecule has 2 N–H and O–H groups in total. The van der Waals surface area contributed by atoms with Crippen molar-refractivity contribution in [2.75, 3.05) is 13.1 Å². The van der Waals surface area contributed by atoms with Crippen LogP contribution in [0.3, 0.4) is 0 Å². The fourth-order valence-electron chi connectivity index (χ4n) is 2.41. The minimum Gasteiger partial charge on any atom is -0.387 e. The van der Waals surface area contributed by atoms with Crippen molar-refractivity contribution in [2.24, 2.45) is 5.16 Å². The number of oxime groups is 1. The molecule has 1 aliphatic carbocycles. The van der Waals surface area contributed by atoms with Gasteiger partial charge >= 0.3 is 0 Å². The number of nitrogens with one attached hydrogen (secondary N) is 2. The lowest BCUT2D eigenvalue weighted by Gasteiger charge is -2.26. The van der Waals surface area contributed by atoms with Gasteiger partial charge in [-0.3, -0.25) is 4.79 Å². The maximum Gasteiger partial charge on any atom is 0.269 e. The van der Waals surface area contributed by atoms with Crippen molar-refractivity contribution < 1.29 is 9.63 Å². The minimum atomic E-state index is -0.230. The molecule has 5 nitrogen and oxygen atoms in total. The van der Waals surface area contributed by atoms with Crippen molar-refractivity contribution in [3.8, 4) is 0 Å². The van der Waals surface area contributed by atoms with Gasteiger partial charge in [-0.1, -0.05) is 5.16 Å². The van der Waals surface area contributed by atoms with E-state index in [4.69, 9.17) is 4.84 Å². The Kier molecular flexibility index (Phi) is 2.35. The molecule has 0 aromatic heterocycles. The largest absolute Gasteiger partial charge is 0.387 e. The number of rotatable bonds is 2. The Balaban J connectivity index is 1.57. The third kappa shape index (κ3) is 1.69. The number of hydrogen-bond acceptors (Lipinski definition) is 4. The molecule has 0 bridgehead atoms. The smallest absolute Gasteiger partial charge is 0.269 e. The zero-order valence-corrected chi connectivity index (χ0v) is 9.29. The normalized spacial score (nSPS) is 33.4. The number of hydrogen-bond donors (Lipinski definition) is 2. The summed E-state index contributed by atoms with van der Waals surface area (Å²) in [5.74, 6) is -0.0338. The summed E-state index contributed by atoms with van der Waals surface area (Å²) in [6, 6.07) is 0.369. The first-order chi connectivity index (χ1) is 7.77. The monoisotopic (exact) mass is 223 g/mol. The van der Waals surface area contributed by atoms with Gasteiger partial charge in [0.15, 0.2) is 5.60 Å². The molecule has 1 amide bonds. The first-order valence-electron chi connectivity index (χ1n) is 6.04. The average Bonchev–Trinajstić information content (AvgIpc) is 2.83. The standard InChI is InChI=1S/C11H17N3O2/c15-10(13-8-2-1-3-8)9-6-11(16-14-9)4-5-12-7-11/h8,12H,1-7H2,(H,13,15). The molecule has 1 saturated carbocycles. The highest BCUT2D eigenvalue weighted by atomic mass is 16.7. The van der Waals surface area contributed by atoms with Gasteiger partial charge in [0.2, 0.25) is 0 Å². The number of nitrogens with zero attached hydrogens (tertiary/aromatic N) is 1. The summed E-state index contributed by atoms with van der Waals surface area (Å²) in [6.45, 7) is 1.75. The quantitative estimate of drug-likeness (QED) is 0.701. The first-order valence-corrected chi connectivity index (χ1v) is 6.04. The van der Waals surface area contributed by atoms with Gasteiger partial charge in [-0.15, -0.1) is 0 Å². The summed E-state index contributed by atoms with van der Waals surface area (Å²) in [7, 11) is 0. The van der Waals surface area contributed by atoms with Crippen LogP contribution in [-0.4, -0.2) is 36.4 Å². The molecule has 5 heteroatoms. The maximum atomic E-state index is 11.8. The highest BCUT2D eigenvalue weighted by molar-refractivity contribution is 6.39. The second-order valence-corrected chi connectivity index (χ2v) is 5.02. The second-order valence-electron chi connectivity index (χ2n) is 5.02. The lowest BCUT2D eigenvalue weighted by molar-refractivity contribution is -0.116. The number of amides is 1. The summed E-state index contributed by atoms with van der Waals surface area (Å²) < 4.78 is 0. The van der Waals surface area contributed by atoms with Gasteiger partial charge in [-0.2, -0.15) is 0 Å². The number of carbonyl (C=O) groups excluding carboxylic acids is 1. The molecule has 2 fully saturated rings. The molecule has 2 heterocycles. The summed E-state index contributed by atoms with van der Waals surface area (Å²) in [6.07, 6.45) is 5.02. The van der Waals surface area contributed by atoms with Crippen LogP contribution in [0.15, 0.2) is 5.16 Å². The fourth-order valence-corrected chi connectivity index (χ4v) is 2.41. The molecule has 1 atom stereocenters. The van der Waals surface area contributed by atoms with E-state index in [2.05, 4.69) is 15.8 Å². The van der Waals surface area contributed by atoms with Crippen LogP contribution in [0.2, 0.25) is 0 Å². The van der Waals surface area contributed by atoms with Crippen LogP contribution >= 0.6 is 0 Å². The summed E-state index contributed by atoms with van der Waals surface area (Å²) >= 11 is 0. The molecule has 88 valence electrons. The number of carbonyl (C=O) groups is 1. The Bertz CT molecular complexity index is 330. The van der Waals surface area contributed by atoms with E-state index in [-0.39, 0.29) is 11.5 Å². The topological polar surface area (TPSA) is 62.7 Å². The molecule has 3 aliphatic rings. The third-order valence-electron chi connectivity index (χ3n) is 3.75. The van der Waals surface area contributed by atoms with Gasteiger partial charge in [0.05, 0.1) is 0 Å². The van der Waals surface area contributed by atoms with Crippen LogP contribution in [0, 0.1) is 0 Å². The van der Waals surface area contributed by atoms with E-state index >= 15 is 0 Å². The molecule has 1 spiro atoms. The highest BCUT2D eigenvalue weighted by Crippen LogP contribution is 2.30. The van der Waals surface area contributed by atoms with E-state index in [0.29, 0.717) is 18.2 Å². The second kappa shape index (κ2) is 3.73. The van der Waals surface area contributed by atoms with Crippen LogP contribution in [0.25, 0.3) is 0 Å². The predicted octanol–water partition coefficient (Wildman–Crippen LogP) is 0.163. The SMILES string of the molecule is O=C(NC1CCC1)C1=NOC2(CCNC2)C1. The highest BCUT2D eigenvalue weighted by Gasteiger charge is 2.43. The van der Waals surface area contributed by atoms with Gasteiger partial charge < -0.3 is 15.5 Å². The minimum absolute atomic E-state index is 0.0338. The molecule has 0 aromatic carbocycles. The molecular weight excluding hydrogens is 206 g/mol. The predicted molar refractivity (Wildman–Crippen MR) is 59.1 cm³/mol. The summed E-state index contributed by atoms with van der Waals surface area (Å²) in [4.78, 5) is 17.3. The molecule has 16 heavy (non-hydrogen) atoms. The maximum absolute atomic E-state index is 11.8. The van der Waals surface area contributed by atoms with Crippen molar-refractivity contribution in [1.82, 2.24) is 10.6 Å². The van der Waals surface area contributed by atoms with Gasteiger partial charge in [-0.05, 0) is 25.8 Å². The van der Waals surface area contributed by atoms with Gasteiger partial charge in [-0.25, -0.2) is 0 Å². The van der Waals surface area contributed by atoms with Crippen LogP contribution in [0.5, 0.6) is 0 Å². The van der Waals surface area contributed by atoms with Crippen molar-refractivity contribution in [3.63, 3.8) is 0 Å². The van der Waals surface area contributed by atoms with Gasteiger partial charge in [0.1, 0.15) is 5.71 Å². The summed E-state index contributed by atoms with van der Waals surface area (Å²) in [5.41, 5.74) is 0.335.